The number of urea groups is 1. The van der Waals surface area contributed by atoms with Crippen molar-refractivity contribution in [1.29, 1.82) is 0 Å². The minimum absolute atomic E-state index is 0.112. The number of carbonyl (C=O) groups excluding carboxylic acids is 1. The van der Waals surface area contributed by atoms with E-state index in [0.717, 1.165) is 18.5 Å². The third-order valence-corrected chi connectivity index (χ3v) is 2.87. The van der Waals surface area contributed by atoms with Crippen LogP contribution < -0.4 is 16.0 Å². The highest BCUT2D eigenvalue weighted by molar-refractivity contribution is 5.82. The first-order chi connectivity index (χ1) is 10.0. The lowest BCUT2D eigenvalue weighted by atomic mass is 10.1. The highest BCUT2D eigenvalue weighted by Gasteiger charge is 2.20. The van der Waals surface area contributed by atoms with Crippen molar-refractivity contribution in [3.05, 3.63) is 29.8 Å². The Morgan fingerprint density at radius 3 is 2.43 bits per heavy atom. The van der Waals surface area contributed by atoms with Crippen LogP contribution in [0, 0.1) is 0 Å². The number of hydrogen-bond acceptors (Lipinski definition) is 4. The third kappa shape index (κ3) is 6.62. The Bertz CT molecular complexity index is 462. The molecule has 0 radical (unpaired) electrons. The topological polar surface area (TPSA) is 111 Å². The molecule has 116 valence electrons. The molecule has 1 aromatic rings. The number of phenolic OH excluding ortho intramolecular Hbond substituents is 1. The zero-order valence-electron chi connectivity index (χ0n) is 11.9. The van der Waals surface area contributed by atoms with Crippen LogP contribution in [0.25, 0.3) is 0 Å². The number of aromatic hydroxyl groups is 1. The van der Waals surface area contributed by atoms with Gasteiger partial charge in [0.2, 0.25) is 0 Å². The molecule has 2 amide bonds. The summed E-state index contributed by atoms with van der Waals surface area (Å²) >= 11 is 0. The molecule has 1 rings (SSSR count). The van der Waals surface area contributed by atoms with E-state index in [1.807, 2.05) is 7.05 Å². The second-order valence-corrected chi connectivity index (χ2v) is 4.62. The molecule has 0 saturated carbocycles. The summed E-state index contributed by atoms with van der Waals surface area (Å²) < 4.78 is 0. The van der Waals surface area contributed by atoms with E-state index in [0.29, 0.717) is 6.54 Å². The maximum Gasteiger partial charge on any atom is 0.326 e. The standard InChI is InChI=1S/C14H21N3O4/c1-15-7-2-8-16-14(21)17-12(13(19)20)9-10-3-5-11(18)6-4-10/h3-6,12,15,18H,2,7-9H2,1H3,(H,19,20)(H2,16,17,21)/t12-/m1/s1. The van der Waals surface area contributed by atoms with Crippen molar-refractivity contribution < 1.29 is 19.8 Å². The summed E-state index contributed by atoms with van der Waals surface area (Å²) in [6.07, 6.45) is 0.916. The van der Waals surface area contributed by atoms with E-state index in [1.165, 1.54) is 12.1 Å². The van der Waals surface area contributed by atoms with Gasteiger partial charge < -0.3 is 26.2 Å². The predicted octanol–water partition coefficient (Wildman–Crippen LogP) is 0.297. The molecular formula is C14H21N3O4. The number of phenols is 1. The molecule has 0 heterocycles. The molecule has 0 aliphatic carbocycles. The minimum Gasteiger partial charge on any atom is -0.508 e. The van der Waals surface area contributed by atoms with Crippen molar-refractivity contribution in [3.8, 4) is 5.75 Å². The van der Waals surface area contributed by atoms with Crippen LogP contribution in [-0.2, 0) is 11.2 Å². The zero-order valence-corrected chi connectivity index (χ0v) is 11.9. The number of nitrogens with one attached hydrogen (secondary N) is 3. The lowest BCUT2D eigenvalue weighted by molar-refractivity contribution is -0.139. The summed E-state index contributed by atoms with van der Waals surface area (Å²) in [5.41, 5.74) is 0.718. The molecule has 0 saturated heterocycles. The average molecular weight is 295 g/mol. The number of amides is 2. The van der Waals surface area contributed by atoms with Crippen molar-refractivity contribution in [1.82, 2.24) is 16.0 Å². The number of rotatable bonds is 8. The van der Waals surface area contributed by atoms with Gasteiger partial charge in [0.15, 0.2) is 0 Å². The van der Waals surface area contributed by atoms with Gasteiger partial charge in [0, 0.05) is 13.0 Å². The average Bonchev–Trinajstić information content (AvgIpc) is 2.45. The molecule has 0 aliphatic heterocycles. The van der Waals surface area contributed by atoms with Crippen molar-refractivity contribution in [2.45, 2.75) is 18.9 Å². The summed E-state index contributed by atoms with van der Waals surface area (Å²) in [6, 6.07) is 4.68. The summed E-state index contributed by atoms with van der Waals surface area (Å²) in [4.78, 5) is 22.8. The Kier molecular flexibility index (Phi) is 7.03. The molecular weight excluding hydrogens is 274 g/mol. The normalized spacial score (nSPS) is 11.7. The quantitative estimate of drug-likeness (QED) is 0.443. The van der Waals surface area contributed by atoms with Crippen molar-refractivity contribution in [2.24, 2.45) is 0 Å². The van der Waals surface area contributed by atoms with Crippen molar-refractivity contribution >= 4 is 12.0 Å². The van der Waals surface area contributed by atoms with Crippen LogP contribution in [0.2, 0.25) is 0 Å². The summed E-state index contributed by atoms with van der Waals surface area (Å²) in [5, 5.41) is 26.3. The second kappa shape index (κ2) is 8.80. The minimum atomic E-state index is -1.10. The molecule has 21 heavy (non-hydrogen) atoms. The van der Waals surface area contributed by atoms with Gasteiger partial charge in [-0.1, -0.05) is 12.1 Å². The highest BCUT2D eigenvalue weighted by Crippen LogP contribution is 2.11. The van der Waals surface area contributed by atoms with Crippen LogP contribution >= 0.6 is 0 Å². The fourth-order valence-corrected chi connectivity index (χ4v) is 1.74. The first-order valence-corrected chi connectivity index (χ1v) is 6.72. The molecule has 1 aromatic carbocycles. The molecule has 0 fully saturated rings. The Balaban J connectivity index is 2.48. The number of carboxylic acid groups (broad SMARTS) is 1. The number of carboxylic acids is 1. The zero-order chi connectivity index (χ0) is 15.7. The number of hydrogen-bond donors (Lipinski definition) is 5. The molecule has 5 N–H and O–H groups in total. The molecule has 0 bridgehead atoms. The fourth-order valence-electron chi connectivity index (χ4n) is 1.74. The van der Waals surface area contributed by atoms with E-state index in [1.54, 1.807) is 12.1 Å². The van der Waals surface area contributed by atoms with Gasteiger partial charge in [-0.3, -0.25) is 0 Å². The Hall–Kier alpha value is -2.28. The van der Waals surface area contributed by atoms with Crippen LogP contribution in [0.15, 0.2) is 24.3 Å². The smallest absolute Gasteiger partial charge is 0.326 e. The summed E-state index contributed by atoms with van der Waals surface area (Å²) in [6.45, 7) is 1.24. The van der Waals surface area contributed by atoms with Crippen LogP contribution in [0.4, 0.5) is 4.79 Å². The van der Waals surface area contributed by atoms with E-state index in [2.05, 4.69) is 16.0 Å². The fraction of sp³-hybridized carbons (Fsp3) is 0.429. The van der Waals surface area contributed by atoms with Gasteiger partial charge >= 0.3 is 12.0 Å². The lowest BCUT2D eigenvalue weighted by Crippen LogP contribution is -2.47. The molecule has 0 aromatic heterocycles. The molecule has 0 unspecified atom stereocenters. The second-order valence-electron chi connectivity index (χ2n) is 4.62. The van der Waals surface area contributed by atoms with Gasteiger partial charge in [0.1, 0.15) is 11.8 Å². The maximum atomic E-state index is 11.6. The SMILES string of the molecule is CNCCCNC(=O)N[C@H](Cc1ccc(O)cc1)C(=O)O. The van der Waals surface area contributed by atoms with Gasteiger partial charge in [-0.25, -0.2) is 9.59 Å². The first kappa shape index (κ1) is 16.8. The Labute approximate surface area is 123 Å². The van der Waals surface area contributed by atoms with Crippen LogP contribution in [0.1, 0.15) is 12.0 Å². The largest absolute Gasteiger partial charge is 0.508 e. The van der Waals surface area contributed by atoms with Gasteiger partial charge in [-0.05, 0) is 37.7 Å². The molecule has 7 heteroatoms. The predicted molar refractivity (Wildman–Crippen MR) is 78.3 cm³/mol. The van der Waals surface area contributed by atoms with E-state index >= 15 is 0 Å². The summed E-state index contributed by atoms with van der Waals surface area (Å²) in [7, 11) is 1.82. The number of carbonyl (C=O) groups is 2. The number of aliphatic carboxylic acids is 1. The molecule has 7 nitrogen and oxygen atoms in total. The van der Waals surface area contributed by atoms with Crippen molar-refractivity contribution in [3.63, 3.8) is 0 Å². The third-order valence-electron chi connectivity index (χ3n) is 2.87. The number of benzene rings is 1. The van der Waals surface area contributed by atoms with E-state index < -0.39 is 18.0 Å². The summed E-state index contributed by atoms with van der Waals surface area (Å²) in [5.74, 6) is -0.991. The first-order valence-electron chi connectivity index (χ1n) is 6.72. The lowest BCUT2D eigenvalue weighted by Gasteiger charge is -2.15. The monoisotopic (exact) mass is 295 g/mol. The van der Waals surface area contributed by atoms with E-state index in [-0.39, 0.29) is 12.2 Å². The van der Waals surface area contributed by atoms with Crippen LogP contribution in [0.5, 0.6) is 5.75 Å². The Morgan fingerprint density at radius 1 is 1.19 bits per heavy atom. The van der Waals surface area contributed by atoms with E-state index in [9.17, 15) is 14.7 Å². The van der Waals surface area contributed by atoms with Crippen LogP contribution in [0.3, 0.4) is 0 Å². The highest BCUT2D eigenvalue weighted by atomic mass is 16.4. The van der Waals surface area contributed by atoms with Crippen molar-refractivity contribution in [2.75, 3.05) is 20.1 Å². The van der Waals surface area contributed by atoms with Crippen LogP contribution in [-0.4, -0.2) is 48.4 Å². The van der Waals surface area contributed by atoms with Gasteiger partial charge in [0.05, 0.1) is 0 Å². The van der Waals surface area contributed by atoms with Gasteiger partial charge in [-0.15, -0.1) is 0 Å². The van der Waals surface area contributed by atoms with Gasteiger partial charge in [-0.2, -0.15) is 0 Å². The van der Waals surface area contributed by atoms with E-state index in [4.69, 9.17) is 5.11 Å². The van der Waals surface area contributed by atoms with Gasteiger partial charge in [0.25, 0.3) is 0 Å². The Morgan fingerprint density at radius 2 is 1.86 bits per heavy atom. The molecule has 1 atom stereocenters. The maximum absolute atomic E-state index is 11.6. The molecule has 0 aliphatic rings. The molecule has 0 spiro atoms.